The van der Waals surface area contributed by atoms with Crippen molar-refractivity contribution in [3.63, 3.8) is 0 Å². The SMILES string of the molecule is Cc1cc(=O)n2nc(SC(F)(F)F)nc2n1Cc1ccc(Cl)nc1. The van der Waals surface area contributed by atoms with E-state index in [1.165, 1.54) is 12.3 Å². The summed E-state index contributed by atoms with van der Waals surface area (Å²) in [6, 6.07) is 4.61. The molecular formula is C13H9ClF3N5OS. The van der Waals surface area contributed by atoms with Crippen LogP contribution in [0, 0.1) is 6.92 Å². The van der Waals surface area contributed by atoms with E-state index < -0.39 is 28.0 Å². The number of halogens is 4. The molecule has 3 aromatic heterocycles. The van der Waals surface area contributed by atoms with E-state index in [1.54, 1.807) is 23.6 Å². The van der Waals surface area contributed by atoms with Crippen LogP contribution < -0.4 is 5.56 Å². The van der Waals surface area contributed by atoms with Gasteiger partial charge in [0, 0.05) is 29.7 Å². The van der Waals surface area contributed by atoms with E-state index >= 15 is 0 Å². The zero-order chi connectivity index (χ0) is 17.5. The molecule has 0 N–H and O–H groups in total. The Kier molecular flexibility index (Phi) is 4.26. The second-order valence-electron chi connectivity index (χ2n) is 4.85. The van der Waals surface area contributed by atoms with Crippen molar-refractivity contribution in [2.24, 2.45) is 0 Å². The third kappa shape index (κ3) is 3.54. The van der Waals surface area contributed by atoms with Crippen LogP contribution in [-0.4, -0.2) is 29.7 Å². The van der Waals surface area contributed by atoms with Gasteiger partial charge in [0.2, 0.25) is 10.9 Å². The van der Waals surface area contributed by atoms with Gasteiger partial charge < -0.3 is 4.57 Å². The lowest BCUT2D eigenvalue weighted by Gasteiger charge is -2.11. The predicted octanol–water partition coefficient (Wildman–Crippen LogP) is 2.91. The average Bonchev–Trinajstić information content (AvgIpc) is 2.87. The summed E-state index contributed by atoms with van der Waals surface area (Å²) in [6.45, 7) is 1.92. The van der Waals surface area contributed by atoms with E-state index in [-0.39, 0.29) is 12.3 Å². The number of rotatable bonds is 3. The van der Waals surface area contributed by atoms with Gasteiger partial charge in [-0.05, 0) is 18.6 Å². The molecule has 0 saturated heterocycles. The van der Waals surface area contributed by atoms with E-state index in [0.29, 0.717) is 10.8 Å². The molecule has 0 atom stereocenters. The topological polar surface area (TPSA) is 65.1 Å². The van der Waals surface area contributed by atoms with Crippen LogP contribution >= 0.6 is 23.4 Å². The summed E-state index contributed by atoms with van der Waals surface area (Å²) in [5.41, 5.74) is -3.79. The Morgan fingerprint density at radius 1 is 1.33 bits per heavy atom. The van der Waals surface area contributed by atoms with Gasteiger partial charge >= 0.3 is 5.51 Å². The molecule has 0 amide bonds. The first-order chi connectivity index (χ1) is 11.2. The van der Waals surface area contributed by atoms with Crippen LogP contribution in [-0.2, 0) is 6.54 Å². The fourth-order valence-corrected chi connectivity index (χ4v) is 2.68. The summed E-state index contributed by atoms with van der Waals surface area (Å²) >= 11 is 5.26. The Bertz CT molecular complexity index is 951. The highest BCUT2D eigenvalue weighted by Crippen LogP contribution is 2.34. The van der Waals surface area contributed by atoms with Crippen molar-refractivity contribution in [3.8, 4) is 0 Å². The van der Waals surface area contributed by atoms with Gasteiger partial charge in [-0.15, -0.1) is 5.10 Å². The molecule has 0 saturated carbocycles. The van der Waals surface area contributed by atoms with E-state index in [2.05, 4.69) is 15.1 Å². The zero-order valence-corrected chi connectivity index (χ0v) is 13.7. The first-order valence-electron chi connectivity index (χ1n) is 6.56. The molecule has 0 aliphatic carbocycles. The van der Waals surface area contributed by atoms with Gasteiger partial charge in [0.1, 0.15) is 5.15 Å². The molecule has 3 rings (SSSR count). The van der Waals surface area contributed by atoms with Crippen LogP contribution in [0.15, 0.2) is 34.3 Å². The van der Waals surface area contributed by atoms with Crippen LogP contribution in [0.2, 0.25) is 5.15 Å². The summed E-state index contributed by atoms with van der Waals surface area (Å²) in [6.07, 6.45) is 1.54. The van der Waals surface area contributed by atoms with E-state index in [1.807, 2.05) is 0 Å². The van der Waals surface area contributed by atoms with Crippen molar-refractivity contribution in [1.82, 2.24) is 24.1 Å². The summed E-state index contributed by atoms with van der Waals surface area (Å²) < 4.78 is 39.9. The fraction of sp³-hybridized carbons (Fsp3) is 0.231. The molecule has 0 radical (unpaired) electrons. The molecule has 11 heteroatoms. The predicted molar refractivity (Wildman–Crippen MR) is 82.2 cm³/mol. The van der Waals surface area contributed by atoms with Crippen molar-refractivity contribution in [1.29, 1.82) is 0 Å². The molecular weight excluding hydrogens is 367 g/mol. The Labute approximate surface area is 142 Å². The standard InChI is InChI=1S/C13H9ClF3N5OS/c1-7-4-10(23)22-12(19-11(20-22)24-13(15,16)17)21(7)6-8-2-3-9(14)18-5-8/h2-5H,6H2,1H3. The lowest BCUT2D eigenvalue weighted by atomic mass is 10.3. The first-order valence-corrected chi connectivity index (χ1v) is 7.76. The van der Waals surface area contributed by atoms with Gasteiger partial charge in [-0.25, -0.2) is 4.98 Å². The molecule has 3 heterocycles. The number of thioether (sulfide) groups is 1. The Balaban J connectivity index is 2.09. The third-order valence-electron chi connectivity index (χ3n) is 3.12. The highest BCUT2D eigenvalue weighted by molar-refractivity contribution is 8.00. The van der Waals surface area contributed by atoms with Crippen molar-refractivity contribution >= 4 is 29.1 Å². The number of fused-ring (bicyclic) bond motifs is 1. The molecule has 0 bridgehead atoms. The van der Waals surface area contributed by atoms with E-state index in [0.717, 1.165) is 10.1 Å². The number of pyridine rings is 1. The average molecular weight is 376 g/mol. The lowest BCUT2D eigenvalue weighted by molar-refractivity contribution is -0.0330. The summed E-state index contributed by atoms with van der Waals surface area (Å²) in [7, 11) is 0. The minimum absolute atomic E-state index is 0.0294. The second kappa shape index (κ2) is 6.10. The molecule has 0 spiro atoms. The Morgan fingerprint density at radius 3 is 2.71 bits per heavy atom. The monoisotopic (exact) mass is 375 g/mol. The first kappa shape index (κ1) is 16.8. The largest absolute Gasteiger partial charge is 0.449 e. The summed E-state index contributed by atoms with van der Waals surface area (Å²) in [5.74, 6) is 0.0294. The minimum Gasteiger partial charge on any atom is -0.310 e. The molecule has 0 aliphatic rings. The van der Waals surface area contributed by atoms with Crippen molar-refractivity contribution < 1.29 is 13.2 Å². The molecule has 24 heavy (non-hydrogen) atoms. The van der Waals surface area contributed by atoms with Crippen molar-refractivity contribution in [2.75, 3.05) is 0 Å². The number of aryl methyl sites for hydroxylation is 1. The fourth-order valence-electron chi connectivity index (χ4n) is 2.11. The van der Waals surface area contributed by atoms with Gasteiger partial charge in [0.15, 0.2) is 0 Å². The number of alkyl halides is 3. The van der Waals surface area contributed by atoms with Crippen LogP contribution in [0.25, 0.3) is 5.78 Å². The Hall–Kier alpha value is -2.07. The van der Waals surface area contributed by atoms with Crippen molar-refractivity contribution in [2.45, 2.75) is 24.1 Å². The molecule has 0 unspecified atom stereocenters. The highest BCUT2D eigenvalue weighted by atomic mass is 35.5. The molecule has 0 fully saturated rings. The van der Waals surface area contributed by atoms with Gasteiger partial charge in [-0.2, -0.15) is 22.7 Å². The highest BCUT2D eigenvalue weighted by Gasteiger charge is 2.32. The molecule has 6 nitrogen and oxygen atoms in total. The molecule has 0 aromatic carbocycles. The summed E-state index contributed by atoms with van der Waals surface area (Å²) in [4.78, 5) is 19.8. The number of hydrogen-bond acceptors (Lipinski definition) is 5. The van der Waals surface area contributed by atoms with Crippen molar-refractivity contribution in [3.05, 3.63) is 51.2 Å². The van der Waals surface area contributed by atoms with Crippen LogP contribution in [0.5, 0.6) is 0 Å². The normalized spacial score (nSPS) is 12.0. The molecule has 126 valence electrons. The lowest BCUT2D eigenvalue weighted by Crippen LogP contribution is -2.20. The van der Waals surface area contributed by atoms with Crippen LogP contribution in [0.3, 0.4) is 0 Å². The number of aromatic nitrogens is 5. The minimum atomic E-state index is -4.53. The summed E-state index contributed by atoms with van der Waals surface area (Å²) in [5, 5.41) is 3.43. The maximum Gasteiger partial charge on any atom is 0.449 e. The maximum atomic E-state index is 12.5. The van der Waals surface area contributed by atoms with Gasteiger partial charge in [0.25, 0.3) is 5.56 Å². The van der Waals surface area contributed by atoms with E-state index in [4.69, 9.17) is 11.6 Å². The van der Waals surface area contributed by atoms with Crippen LogP contribution in [0.1, 0.15) is 11.3 Å². The third-order valence-corrected chi connectivity index (χ3v) is 3.93. The van der Waals surface area contributed by atoms with Gasteiger partial charge in [0.05, 0.1) is 6.54 Å². The maximum absolute atomic E-state index is 12.5. The van der Waals surface area contributed by atoms with Crippen LogP contribution in [0.4, 0.5) is 13.2 Å². The number of hydrogen-bond donors (Lipinski definition) is 0. The zero-order valence-electron chi connectivity index (χ0n) is 12.1. The smallest absolute Gasteiger partial charge is 0.310 e. The van der Waals surface area contributed by atoms with Gasteiger partial charge in [-0.3, -0.25) is 4.79 Å². The molecule has 0 aliphatic heterocycles. The number of nitrogens with zero attached hydrogens (tertiary/aromatic N) is 5. The van der Waals surface area contributed by atoms with E-state index in [9.17, 15) is 18.0 Å². The second-order valence-corrected chi connectivity index (χ2v) is 6.27. The van der Waals surface area contributed by atoms with Gasteiger partial charge in [-0.1, -0.05) is 17.7 Å². The quantitative estimate of drug-likeness (QED) is 0.520. The molecule has 3 aromatic rings. The Morgan fingerprint density at radius 2 is 2.08 bits per heavy atom.